The van der Waals surface area contributed by atoms with E-state index in [9.17, 15) is 9.59 Å². The third-order valence-corrected chi connectivity index (χ3v) is 3.95. The van der Waals surface area contributed by atoms with Crippen molar-refractivity contribution in [2.75, 3.05) is 37.9 Å². The minimum atomic E-state index is -0.155. The highest BCUT2D eigenvalue weighted by molar-refractivity contribution is 5.93. The maximum atomic E-state index is 12.2. The van der Waals surface area contributed by atoms with Crippen molar-refractivity contribution >= 4 is 23.2 Å². The number of ether oxygens (including phenoxy) is 1. The highest BCUT2D eigenvalue weighted by Gasteiger charge is 2.15. The van der Waals surface area contributed by atoms with Crippen molar-refractivity contribution in [3.8, 4) is 5.75 Å². The van der Waals surface area contributed by atoms with Crippen molar-refractivity contribution in [2.24, 2.45) is 0 Å². The van der Waals surface area contributed by atoms with Crippen LogP contribution in [0.2, 0.25) is 0 Å². The smallest absolute Gasteiger partial charge is 0.279 e. The minimum Gasteiger partial charge on any atom is -0.497 e. The minimum absolute atomic E-state index is 0.113. The molecule has 0 aliphatic carbocycles. The lowest BCUT2D eigenvalue weighted by atomic mass is 10.1. The summed E-state index contributed by atoms with van der Waals surface area (Å²) in [5, 5.41) is 5.74. The Morgan fingerprint density at radius 3 is 2.38 bits per heavy atom. The van der Waals surface area contributed by atoms with Gasteiger partial charge in [-0.3, -0.25) is 9.59 Å². The molecule has 1 atom stereocenters. The van der Waals surface area contributed by atoms with Gasteiger partial charge in [-0.2, -0.15) is 0 Å². The lowest BCUT2D eigenvalue weighted by Crippen LogP contribution is -3.11. The molecule has 2 rings (SSSR count). The van der Waals surface area contributed by atoms with E-state index in [0.717, 1.165) is 22.6 Å². The summed E-state index contributed by atoms with van der Waals surface area (Å²) in [4.78, 5) is 25.2. The first-order valence-corrected chi connectivity index (χ1v) is 8.64. The van der Waals surface area contributed by atoms with E-state index in [4.69, 9.17) is 4.74 Å². The van der Waals surface area contributed by atoms with Crippen molar-refractivity contribution in [1.29, 1.82) is 0 Å². The summed E-state index contributed by atoms with van der Waals surface area (Å²) < 4.78 is 5.14. The third kappa shape index (κ3) is 5.89. The summed E-state index contributed by atoms with van der Waals surface area (Å²) in [7, 11) is 3.39. The molecule has 0 saturated heterocycles. The van der Waals surface area contributed by atoms with Crippen molar-refractivity contribution in [1.82, 2.24) is 0 Å². The SMILES string of the molecule is CCc1ccccc1NC(=O)C[NH+](C)CC(=O)Nc1cccc(OC)c1. The van der Waals surface area contributed by atoms with Crippen molar-refractivity contribution in [3.05, 3.63) is 54.1 Å². The summed E-state index contributed by atoms with van der Waals surface area (Å²) in [5.41, 5.74) is 2.59. The van der Waals surface area contributed by atoms with Crippen LogP contribution in [0.3, 0.4) is 0 Å². The fourth-order valence-corrected chi connectivity index (χ4v) is 2.66. The molecule has 1 unspecified atom stereocenters. The maximum Gasteiger partial charge on any atom is 0.279 e. The number of carbonyl (C=O) groups is 2. The molecular weight excluding hydrogens is 330 g/mol. The number of methoxy groups -OCH3 is 1. The van der Waals surface area contributed by atoms with Crippen LogP contribution in [0.1, 0.15) is 12.5 Å². The van der Waals surface area contributed by atoms with Gasteiger partial charge >= 0.3 is 0 Å². The summed E-state index contributed by atoms with van der Waals surface area (Å²) >= 11 is 0. The molecule has 2 aromatic rings. The highest BCUT2D eigenvalue weighted by atomic mass is 16.5. The molecule has 3 N–H and O–H groups in total. The molecule has 6 heteroatoms. The lowest BCUT2D eigenvalue weighted by molar-refractivity contribution is -0.862. The Bertz CT molecular complexity index is 761. The Morgan fingerprint density at radius 1 is 1.00 bits per heavy atom. The Morgan fingerprint density at radius 2 is 1.69 bits per heavy atom. The first kappa shape index (κ1) is 19.5. The van der Waals surface area contributed by atoms with Gasteiger partial charge in [-0.05, 0) is 30.2 Å². The molecule has 0 bridgehead atoms. The number of hydrogen-bond donors (Lipinski definition) is 3. The van der Waals surface area contributed by atoms with Gasteiger partial charge in [0.05, 0.1) is 14.2 Å². The van der Waals surface area contributed by atoms with Crippen LogP contribution in [-0.2, 0) is 16.0 Å². The zero-order valence-corrected chi connectivity index (χ0v) is 15.5. The third-order valence-electron chi connectivity index (χ3n) is 3.95. The summed E-state index contributed by atoms with van der Waals surface area (Å²) in [5.74, 6) is 0.410. The first-order chi connectivity index (χ1) is 12.5. The molecule has 138 valence electrons. The molecule has 0 aliphatic heterocycles. The Labute approximate surface area is 154 Å². The van der Waals surface area contributed by atoms with Crippen LogP contribution in [0.25, 0.3) is 0 Å². The van der Waals surface area contributed by atoms with Crippen LogP contribution in [0.15, 0.2) is 48.5 Å². The average molecular weight is 356 g/mol. The van der Waals surface area contributed by atoms with E-state index in [1.54, 1.807) is 19.2 Å². The number of para-hydroxylation sites is 1. The van der Waals surface area contributed by atoms with E-state index in [1.807, 2.05) is 50.4 Å². The van der Waals surface area contributed by atoms with Gasteiger partial charge < -0.3 is 20.3 Å². The zero-order valence-electron chi connectivity index (χ0n) is 15.5. The molecule has 0 fully saturated rings. The lowest BCUT2D eigenvalue weighted by Gasteiger charge is -2.15. The molecule has 0 radical (unpaired) electrons. The van der Waals surface area contributed by atoms with E-state index >= 15 is 0 Å². The standard InChI is InChI=1S/C20H25N3O3/c1-4-15-8-5-6-11-18(15)22-20(25)14-23(2)13-19(24)21-16-9-7-10-17(12-16)26-3/h5-12H,4,13-14H2,1-3H3,(H,21,24)(H,22,25)/p+1. The second kappa shape index (κ2) is 9.58. The fourth-order valence-electron chi connectivity index (χ4n) is 2.66. The molecule has 0 spiro atoms. The molecule has 0 aromatic heterocycles. The number of hydrogen-bond acceptors (Lipinski definition) is 3. The van der Waals surface area contributed by atoms with Gasteiger partial charge in [-0.15, -0.1) is 0 Å². The van der Waals surface area contributed by atoms with E-state index in [2.05, 4.69) is 10.6 Å². The van der Waals surface area contributed by atoms with Crippen LogP contribution in [0.5, 0.6) is 5.75 Å². The van der Waals surface area contributed by atoms with Crippen LogP contribution in [0.4, 0.5) is 11.4 Å². The fraction of sp³-hybridized carbons (Fsp3) is 0.300. The van der Waals surface area contributed by atoms with Gasteiger partial charge in [0.15, 0.2) is 13.1 Å². The molecule has 2 amide bonds. The van der Waals surface area contributed by atoms with Gasteiger partial charge in [0, 0.05) is 17.4 Å². The van der Waals surface area contributed by atoms with Crippen molar-refractivity contribution in [2.45, 2.75) is 13.3 Å². The molecular formula is C20H26N3O3+. The summed E-state index contributed by atoms with van der Waals surface area (Å²) in [6, 6.07) is 14.9. The second-order valence-corrected chi connectivity index (χ2v) is 6.15. The number of carbonyl (C=O) groups excluding carboxylic acids is 2. The predicted molar refractivity (Wildman–Crippen MR) is 103 cm³/mol. The number of likely N-dealkylation sites (N-methyl/N-ethyl adjacent to an activating group) is 1. The number of aryl methyl sites for hydroxylation is 1. The molecule has 26 heavy (non-hydrogen) atoms. The van der Waals surface area contributed by atoms with E-state index in [-0.39, 0.29) is 24.9 Å². The number of benzene rings is 2. The maximum absolute atomic E-state index is 12.2. The van der Waals surface area contributed by atoms with Crippen LogP contribution < -0.4 is 20.3 Å². The molecule has 2 aromatic carbocycles. The van der Waals surface area contributed by atoms with Crippen LogP contribution in [-0.4, -0.2) is 39.1 Å². The number of rotatable bonds is 8. The van der Waals surface area contributed by atoms with Gasteiger partial charge in [0.1, 0.15) is 5.75 Å². The number of amides is 2. The zero-order chi connectivity index (χ0) is 18.9. The van der Waals surface area contributed by atoms with E-state index in [0.29, 0.717) is 11.4 Å². The summed E-state index contributed by atoms with van der Waals surface area (Å²) in [6.45, 7) is 2.45. The molecule has 0 heterocycles. The van der Waals surface area contributed by atoms with Gasteiger partial charge in [0.25, 0.3) is 11.8 Å². The number of nitrogens with one attached hydrogen (secondary N) is 3. The number of anilines is 2. The molecule has 0 aliphatic rings. The van der Waals surface area contributed by atoms with Crippen LogP contribution in [0, 0.1) is 0 Å². The quantitative estimate of drug-likeness (QED) is 0.669. The van der Waals surface area contributed by atoms with E-state index in [1.165, 1.54) is 0 Å². The Kier molecular flexibility index (Phi) is 7.17. The van der Waals surface area contributed by atoms with Gasteiger partial charge in [-0.1, -0.05) is 31.2 Å². The highest BCUT2D eigenvalue weighted by Crippen LogP contribution is 2.16. The summed E-state index contributed by atoms with van der Waals surface area (Å²) in [6.07, 6.45) is 0.849. The first-order valence-electron chi connectivity index (χ1n) is 8.64. The topological polar surface area (TPSA) is 71.9 Å². The molecule has 6 nitrogen and oxygen atoms in total. The normalized spacial score (nSPS) is 11.5. The van der Waals surface area contributed by atoms with Crippen molar-refractivity contribution < 1.29 is 19.2 Å². The Hall–Kier alpha value is -2.86. The van der Waals surface area contributed by atoms with E-state index < -0.39 is 0 Å². The largest absolute Gasteiger partial charge is 0.497 e. The van der Waals surface area contributed by atoms with Crippen LogP contribution >= 0.6 is 0 Å². The average Bonchev–Trinajstić information content (AvgIpc) is 2.61. The van der Waals surface area contributed by atoms with Gasteiger partial charge in [0.2, 0.25) is 0 Å². The second-order valence-electron chi connectivity index (χ2n) is 6.15. The van der Waals surface area contributed by atoms with Crippen molar-refractivity contribution in [3.63, 3.8) is 0 Å². The number of quaternary nitrogens is 1. The monoisotopic (exact) mass is 356 g/mol. The predicted octanol–water partition coefficient (Wildman–Crippen LogP) is 1.35. The Balaban J connectivity index is 1.84. The van der Waals surface area contributed by atoms with Gasteiger partial charge in [-0.25, -0.2) is 0 Å². The molecule has 0 saturated carbocycles.